The first kappa shape index (κ1) is 20.4. The number of nitrogens with one attached hydrogen (secondary N) is 1. The third-order valence-corrected chi connectivity index (χ3v) is 6.30. The molecule has 0 aromatic carbocycles. The molecule has 1 atom stereocenters. The topological polar surface area (TPSA) is 81.0 Å². The predicted molar refractivity (Wildman–Crippen MR) is 126 cm³/mol. The van der Waals surface area contributed by atoms with Crippen molar-refractivity contribution in [1.82, 2.24) is 19.9 Å². The first-order chi connectivity index (χ1) is 15.6. The molecule has 162 valence electrons. The van der Waals surface area contributed by atoms with E-state index in [1.54, 1.807) is 18.3 Å². The molecule has 7 nitrogen and oxygen atoms in total. The van der Waals surface area contributed by atoms with Gasteiger partial charge in [0.2, 0.25) is 0 Å². The van der Waals surface area contributed by atoms with Crippen molar-refractivity contribution in [3.8, 4) is 17.3 Å². The third-order valence-electron chi connectivity index (χ3n) is 6.30. The lowest BCUT2D eigenvalue weighted by molar-refractivity contribution is 0.315. The number of aromatic nitrogens is 3. The van der Waals surface area contributed by atoms with Crippen LogP contribution >= 0.6 is 0 Å². The van der Waals surface area contributed by atoms with Crippen LogP contribution in [0.4, 0.5) is 17.5 Å². The fourth-order valence-electron chi connectivity index (χ4n) is 4.21. The molecule has 7 heteroatoms. The molecular weight excluding hydrogens is 398 g/mol. The normalized spacial score (nSPS) is 18.1. The van der Waals surface area contributed by atoms with Gasteiger partial charge in [0, 0.05) is 37.1 Å². The molecule has 4 heterocycles. The van der Waals surface area contributed by atoms with E-state index in [0.29, 0.717) is 23.3 Å². The van der Waals surface area contributed by atoms with Crippen LogP contribution in [-0.2, 0) is 0 Å². The summed E-state index contributed by atoms with van der Waals surface area (Å²) in [5.41, 5.74) is 3.76. The number of likely N-dealkylation sites (N-methyl/N-ethyl adjacent to an activating group) is 1. The van der Waals surface area contributed by atoms with Gasteiger partial charge in [-0.25, -0.2) is 15.0 Å². The van der Waals surface area contributed by atoms with Crippen molar-refractivity contribution in [2.45, 2.75) is 31.2 Å². The second kappa shape index (κ2) is 8.56. The zero-order chi connectivity index (χ0) is 22.1. The van der Waals surface area contributed by atoms with Crippen LogP contribution in [0.1, 0.15) is 36.3 Å². The summed E-state index contributed by atoms with van der Waals surface area (Å²) >= 11 is 0. The maximum absolute atomic E-state index is 9.15. The average molecular weight is 426 g/mol. The van der Waals surface area contributed by atoms with Crippen molar-refractivity contribution < 1.29 is 0 Å². The summed E-state index contributed by atoms with van der Waals surface area (Å²) in [6, 6.07) is 14.6. The Morgan fingerprint density at radius 2 is 1.94 bits per heavy atom. The van der Waals surface area contributed by atoms with Gasteiger partial charge in [0.05, 0.1) is 17.3 Å². The third kappa shape index (κ3) is 4.41. The number of hydrogen-bond acceptors (Lipinski definition) is 7. The highest BCUT2D eigenvalue weighted by atomic mass is 15.3. The highest BCUT2D eigenvalue weighted by Crippen LogP contribution is 2.42. The lowest BCUT2D eigenvalue weighted by Gasteiger charge is -2.21. The van der Waals surface area contributed by atoms with Gasteiger partial charge in [0.1, 0.15) is 17.5 Å². The van der Waals surface area contributed by atoms with Gasteiger partial charge in [0.15, 0.2) is 0 Å². The van der Waals surface area contributed by atoms with Crippen LogP contribution in [0, 0.1) is 11.3 Å². The minimum absolute atomic E-state index is 0.569. The summed E-state index contributed by atoms with van der Waals surface area (Å²) in [6.07, 6.45) is 7.15. The van der Waals surface area contributed by atoms with Crippen molar-refractivity contribution >= 4 is 17.5 Å². The molecule has 1 aliphatic heterocycles. The number of rotatable bonds is 6. The molecule has 3 aromatic rings. The van der Waals surface area contributed by atoms with Crippen molar-refractivity contribution in [3.05, 3.63) is 59.9 Å². The van der Waals surface area contributed by atoms with Crippen molar-refractivity contribution in [2.75, 3.05) is 37.4 Å². The Kier molecular flexibility index (Phi) is 5.46. The van der Waals surface area contributed by atoms with Crippen LogP contribution < -0.4 is 10.2 Å². The van der Waals surface area contributed by atoms with Gasteiger partial charge >= 0.3 is 0 Å². The minimum atomic E-state index is 0.569. The van der Waals surface area contributed by atoms with Crippen molar-refractivity contribution in [2.24, 2.45) is 0 Å². The highest BCUT2D eigenvalue weighted by molar-refractivity contribution is 5.66. The first-order valence-electron chi connectivity index (χ1n) is 11.1. The Bertz CT molecular complexity index is 1150. The molecule has 1 aliphatic carbocycles. The zero-order valence-electron chi connectivity index (χ0n) is 18.5. The molecule has 0 unspecified atom stereocenters. The van der Waals surface area contributed by atoms with E-state index in [4.69, 9.17) is 15.2 Å². The molecule has 32 heavy (non-hydrogen) atoms. The van der Waals surface area contributed by atoms with Crippen LogP contribution in [-0.4, -0.2) is 53.1 Å². The largest absolute Gasteiger partial charge is 0.355 e. The van der Waals surface area contributed by atoms with E-state index >= 15 is 0 Å². The first-order valence-corrected chi connectivity index (χ1v) is 11.1. The molecule has 0 spiro atoms. The fourth-order valence-corrected chi connectivity index (χ4v) is 4.21. The number of hydrogen-bond donors (Lipinski definition) is 1. The van der Waals surface area contributed by atoms with Gasteiger partial charge < -0.3 is 15.1 Å². The van der Waals surface area contributed by atoms with Gasteiger partial charge in [-0.2, -0.15) is 5.26 Å². The molecular formula is C25H27N7. The molecule has 0 amide bonds. The van der Waals surface area contributed by atoms with E-state index in [0.717, 1.165) is 42.4 Å². The summed E-state index contributed by atoms with van der Waals surface area (Å²) in [4.78, 5) is 18.6. The molecule has 0 radical (unpaired) electrons. The lowest BCUT2D eigenvalue weighted by Crippen LogP contribution is -2.31. The summed E-state index contributed by atoms with van der Waals surface area (Å²) in [5, 5.41) is 12.4. The van der Waals surface area contributed by atoms with Gasteiger partial charge in [-0.05, 0) is 81.2 Å². The summed E-state index contributed by atoms with van der Waals surface area (Å²) in [6.45, 7) is 2.05. The molecule has 5 rings (SSSR count). The van der Waals surface area contributed by atoms with E-state index in [1.165, 1.54) is 18.4 Å². The predicted octanol–water partition coefficient (Wildman–Crippen LogP) is 4.17. The van der Waals surface area contributed by atoms with Gasteiger partial charge in [-0.3, -0.25) is 0 Å². The molecule has 2 fully saturated rings. The van der Waals surface area contributed by atoms with Gasteiger partial charge in [0.25, 0.3) is 0 Å². The molecule has 1 N–H and O–H groups in total. The Hall–Kier alpha value is -3.50. The number of nitrogens with zero attached hydrogens (tertiary/aromatic N) is 6. The molecule has 3 aromatic heterocycles. The zero-order valence-corrected chi connectivity index (χ0v) is 18.5. The SMILES string of the molecule is CN(C)[C@@H]1CCN(c2ccc(-c3cc(C4CC4)cc(Nc4cc(C#N)ccn4)n3)cn2)C1. The van der Waals surface area contributed by atoms with Crippen LogP contribution in [0.5, 0.6) is 0 Å². The van der Waals surface area contributed by atoms with Crippen LogP contribution in [0.25, 0.3) is 11.3 Å². The maximum Gasteiger partial charge on any atom is 0.132 e. The Labute approximate surface area is 188 Å². The van der Waals surface area contributed by atoms with E-state index in [9.17, 15) is 0 Å². The van der Waals surface area contributed by atoms with Crippen LogP contribution in [0.15, 0.2) is 48.8 Å². The van der Waals surface area contributed by atoms with E-state index in [-0.39, 0.29) is 0 Å². The number of pyridine rings is 3. The van der Waals surface area contributed by atoms with Crippen molar-refractivity contribution in [3.63, 3.8) is 0 Å². The second-order valence-corrected chi connectivity index (χ2v) is 8.87. The van der Waals surface area contributed by atoms with Gasteiger partial charge in [-0.1, -0.05) is 0 Å². The lowest BCUT2D eigenvalue weighted by atomic mass is 10.1. The van der Waals surface area contributed by atoms with Crippen molar-refractivity contribution in [1.29, 1.82) is 5.26 Å². The van der Waals surface area contributed by atoms with Gasteiger partial charge in [-0.15, -0.1) is 0 Å². The number of nitriles is 1. The number of anilines is 3. The Balaban J connectivity index is 1.40. The minimum Gasteiger partial charge on any atom is -0.355 e. The van der Waals surface area contributed by atoms with Crippen LogP contribution in [0.3, 0.4) is 0 Å². The second-order valence-electron chi connectivity index (χ2n) is 8.87. The maximum atomic E-state index is 9.15. The molecule has 1 saturated carbocycles. The summed E-state index contributed by atoms with van der Waals surface area (Å²) < 4.78 is 0. The molecule has 1 saturated heterocycles. The standard InChI is InChI=1S/C25H27N7/c1-31(2)21-8-10-32(16-21)25-6-5-19(15-28-25)22-12-20(18-3-4-18)13-24(29-22)30-23-11-17(14-26)7-9-27-23/h5-7,9,11-13,15,18,21H,3-4,8,10,16H2,1-2H3,(H,27,29,30)/t21-/m1/s1. The Morgan fingerprint density at radius 1 is 1.06 bits per heavy atom. The average Bonchev–Trinajstić information content (AvgIpc) is 3.55. The highest BCUT2D eigenvalue weighted by Gasteiger charge is 2.26. The molecule has 2 aliphatic rings. The summed E-state index contributed by atoms with van der Waals surface area (Å²) in [5.74, 6) is 2.97. The van der Waals surface area contributed by atoms with E-state index in [2.05, 4.69) is 64.5 Å². The smallest absolute Gasteiger partial charge is 0.132 e. The fraction of sp³-hybridized carbons (Fsp3) is 0.360. The Morgan fingerprint density at radius 3 is 2.62 bits per heavy atom. The molecule has 0 bridgehead atoms. The monoisotopic (exact) mass is 425 g/mol. The quantitative estimate of drug-likeness (QED) is 0.635. The van der Waals surface area contributed by atoms with E-state index < -0.39 is 0 Å². The summed E-state index contributed by atoms with van der Waals surface area (Å²) in [7, 11) is 4.28. The van der Waals surface area contributed by atoms with E-state index in [1.807, 2.05) is 6.20 Å². The van der Waals surface area contributed by atoms with Crippen LogP contribution in [0.2, 0.25) is 0 Å².